The van der Waals surface area contributed by atoms with Crippen molar-refractivity contribution >= 4 is 5.78 Å². The smallest absolute Gasteiger partial charge is 0.180 e. The topological polar surface area (TPSA) is 49.8 Å². The number of methoxy groups -OCH3 is 1. The number of aliphatic hydroxyl groups excluding tert-OH is 1. The molecule has 2 atom stereocenters. The molecule has 3 rings (SSSR count). The quantitative estimate of drug-likeness (QED) is 0.863. The maximum absolute atomic E-state index is 12.6. The Morgan fingerprint density at radius 3 is 2.62 bits per heavy atom. The van der Waals surface area contributed by atoms with Crippen LogP contribution in [0.25, 0.3) is 0 Å². The van der Waals surface area contributed by atoms with Gasteiger partial charge >= 0.3 is 0 Å². The van der Waals surface area contributed by atoms with Gasteiger partial charge in [-0.05, 0) is 50.3 Å². The van der Waals surface area contributed by atoms with Crippen molar-refractivity contribution in [2.75, 3.05) is 13.7 Å². The average molecular weight is 289 g/mol. The lowest BCUT2D eigenvalue weighted by molar-refractivity contribution is 0.0343. The third kappa shape index (κ3) is 2.83. The number of fused-ring (bicyclic) bond motifs is 2. The molecule has 1 N–H and O–H groups in total. The molecule has 2 saturated heterocycles. The van der Waals surface area contributed by atoms with Gasteiger partial charge in [0.25, 0.3) is 0 Å². The summed E-state index contributed by atoms with van der Waals surface area (Å²) in [4.78, 5) is 14.9. The monoisotopic (exact) mass is 289 g/mol. The van der Waals surface area contributed by atoms with Crippen molar-refractivity contribution in [3.63, 3.8) is 0 Å². The molecule has 2 heterocycles. The lowest BCUT2D eigenvalue weighted by atomic mass is 9.98. The van der Waals surface area contributed by atoms with Crippen LogP contribution in [0, 0.1) is 6.92 Å². The van der Waals surface area contributed by atoms with Crippen LogP contribution >= 0.6 is 0 Å². The highest BCUT2D eigenvalue weighted by Crippen LogP contribution is 2.36. The van der Waals surface area contributed by atoms with E-state index in [9.17, 15) is 9.90 Å². The van der Waals surface area contributed by atoms with E-state index in [1.54, 1.807) is 7.11 Å². The number of carbonyl (C=O) groups is 1. The fraction of sp³-hybridized carbons (Fsp3) is 0.588. The molecule has 0 aliphatic carbocycles. The molecule has 4 nitrogen and oxygen atoms in total. The molecule has 0 amide bonds. The van der Waals surface area contributed by atoms with Gasteiger partial charge in [0.15, 0.2) is 5.78 Å². The van der Waals surface area contributed by atoms with Crippen molar-refractivity contribution in [3.8, 4) is 5.75 Å². The van der Waals surface area contributed by atoms with Crippen molar-refractivity contribution in [3.05, 3.63) is 29.3 Å². The van der Waals surface area contributed by atoms with E-state index >= 15 is 0 Å². The largest absolute Gasteiger partial charge is 0.496 e. The number of ether oxygens (including phenoxy) is 1. The average Bonchev–Trinajstić information content (AvgIpc) is 2.70. The Morgan fingerprint density at radius 1 is 1.33 bits per heavy atom. The van der Waals surface area contributed by atoms with Crippen LogP contribution in [0.5, 0.6) is 5.75 Å². The number of piperidine rings is 1. The van der Waals surface area contributed by atoms with Crippen LogP contribution in [0.15, 0.2) is 18.2 Å². The number of ketones is 1. The molecule has 4 heteroatoms. The predicted molar refractivity (Wildman–Crippen MR) is 80.8 cm³/mol. The molecule has 0 radical (unpaired) electrons. The highest BCUT2D eigenvalue weighted by atomic mass is 16.5. The van der Waals surface area contributed by atoms with Crippen molar-refractivity contribution in [1.82, 2.24) is 4.90 Å². The van der Waals surface area contributed by atoms with Gasteiger partial charge in [-0.1, -0.05) is 6.07 Å². The lowest BCUT2D eigenvalue weighted by Crippen LogP contribution is -2.46. The summed E-state index contributed by atoms with van der Waals surface area (Å²) in [6.45, 7) is 2.42. The Kier molecular flexibility index (Phi) is 4.00. The molecule has 114 valence electrons. The summed E-state index contributed by atoms with van der Waals surface area (Å²) in [7, 11) is 1.60. The normalized spacial score (nSPS) is 28.6. The molecule has 1 aromatic carbocycles. The summed E-state index contributed by atoms with van der Waals surface area (Å²) in [6, 6.07) is 6.43. The van der Waals surface area contributed by atoms with Crippen LogP contribution < -0.4 is 4.74 Å². The molecule has 0 saturated carbocycles. The van der Waals surface area contributed by atoms with E-state index in [0.717, 1.165) is 31.2 Å². The standard InChI is InChI=1S/C17H23NO3/c1-11-3-6-15(17(7-11)21-2)16(20)10-18-12-4-5-13(18)9-14(19)8-12/h3,6-7,12-14,19H,4-5,8-10H2,1-2H3. The van der Waals surface area contributed by atoms with Crippen LogP contribution in [0.1, 0.15) is 41.6 Å². The summed E-state index contributed by atoms with van der Waals surface area (Å²) < 4.78 is 5.34. The van der Waals surface area contributed by atoms with Gasteiger partial charge in [0.05, 0.1) is 25.3 Å². The molecule has 2 unspecified atom stereocenters. The minimum absolute atomic E-state index is 0.111. The molecule has 0 aromatic heterocycles. The Hall–Kier alpha value is -1.39. The first-order valence-corrected chi connectivity index (χ1v) is 7.70. The van der Waals surface area contributed by atoms with Gasteiger partial charge in [0, 0.05) is 12.1 Å². The minimum Gasteiger partial charge on any atom is -0.496 e. The van der Waals surface area contributed by atoms with Gasteiger partial charge < -0.3 is 9.84 Å². The number of Topliss-reactive ketones (excluding diaryl/α,β-unsaturated/α-hetero) is 1. The molecule has 1 aromatic rings. The van der Waals surface area contributed by atoms with Crippen LogP contribution in [0.2, 0.25) is 0 Å². The highest BCUT2D eigenvalue weighted by molar-refractivity contribution is 6.00. The van der Waals surface area contributed by atoms with E-state index in [-0.39, 0.29) is 11.9 Å². The third-order valence-electron chi connectivity index (χ3n) is 4.84. The van der Waals surface area contributed by atoms with E-state index in [4.69, 9.17) is 4.74 Å². The van der Waals surface area contributed by atoms with Gasteiger partial charge in [0.2, 0.25) is 0 Å². The number of benzene rings is 1. The molecule has 2 fully saturated rings. The van der Waals surface area contributed by atoms with Gasteiger partial charge in [-0.25, -0.2) is 0 Å². The van der Waals surface area contributed by atoms with E-state index in [0.29, 0.717) is 29.9 Å². The summed E-state index contributed by atoms with van der Waals surface area (Å²) in [5.74, 6) is 0.768. The zero-order valence-electron chi connectivity index (χ0n) is 12.7. The second kappa shape index (κ2) is 5.78. The number of nitrogens with zero attached hydrogens (tertiary/aromatic N) is 1. The third-order valence-corrected chi connectivity index (χ3v) is 4.84. The van der Waals surface area contributed by atoms with Gasteiger partial charge in [-0.15, -0.1) is 0 Å². The fourth-order valence-electron chi connectivity index (χ4n) is 3.78. The lowest BCUT2D eigenvalue weighted by Gasteiger charge is -2.36. The predicted octanol–water partition coefficient (Wildman–Crippen LogP) is 2.17. The zero-order valence-corrected chi connectivity index (χ0v) is 12.7. The summed E-state index contributed by atoms with van der Waals surface area (Å²) >= 11 is 0. The fourth-order valence-corrected chi connectivity index (χ4v) is 3.78. The van der Waals surface area contributed by atoms with Crippen LogP contribution in [0.3, 0.4) is 0 Å². The minimum atomic E-state index is -0.192. The van der Waals surface area contributed by atoms with E-state index in [1.165, 1.54) is 0 Å². The second-order valence-corrected chi connectivity index (χ2v) is 6.31. The highest BCUT2D eigenvalue weighted by Gasteiger charge is 2.40. The Labute approximate surface area is 125 Å². The molecule has 2 aliphatic rings. The van der Waals surface area contributed by atoms with Crippen LogP contribution in [-0.2, 0) is 0 Å². The maximum atomic E-state index is 12.6. The van der Waals surface area contributed by atoms with E-state index in [1.807, 2.05) is 25.1 Å². The van der Waals surface area contributed by atoms with Crippen molar-refractivity contribution < 1.29 is 14.6 Å². The van der Waals surface area contributed by atoms with Crippen molar-refractivity contribution in [2.24, 2.45) is 0 Å². The number of aliphatic hydroxyl groups is 1. The maximum Gasteiger partial charge on any atom is 0.180 e. The molecular weight excluding hydrogens is 266 g/mol. The Balaban J connectivity index is 1.75. The molecule has 21 heavy (non-hydrogen) atoms. The SMILES string of the molecule is COc1cc(C)ccc1C(=O)CN1C2CCC1CC(O)C2. The van der Waals surface area contributed by atoms with Crippen molar-refractivity contribution in [2.45, 2.75) is 50.8 Å². The summed E-state index contributed by atoms with van der Waals surface area (Å²) in [6.07, 6.45) is 3.60. The number of hydrogen-bond donors (Lipinski definition) is 1. The Morgan fingerprint density at radius 2 is 2.00 bits per heavy atom. The Bertz CT molecular complexity index is 529. The van der Waals surface area contributed by atoms with E-state index in [2.05, 4.69) is 4.90 Å². The molecular formula is C17H23NO3. The van der Waals surface area contributed by atoms with Gasteiger partial charge in [0.1, 0.15) is 5.75 Å². The molecule has 0 spiro atoms. The second-order valence-electron chi connectivity index (χ2n) is 6.31. The number of aryl methyl sites for hydroxylation is 1. The first-order chi connectivity index (χ1) is 10.1. The van der Waals surface area contributed by atoms with Gasteiger partial charge in [-0.2, -0.15) is 0 Å². The van der Waals surface area contributed by atoms with Gasteiger partial charge in [-0.3, -0.25) is 9.69 Å². The van der Waals surface area contributed by atoms with Crippen LogP contribution in [-0.4, -0.2) is 47.6 Å². The zero-order chi connectivity index (χ0) is 15.0. The van der Waals surface area contributed by atoms with Crippen LogP contribution in [0.4, 0.5) is 0 Å². The summed E-state index contributed by atoms with van der Waals surface area (Å²) in [5, 5.41) is 9.84. The number of rotatable bonds is 4. The summed E-state index contributed by atoms with van der Waals surface area (Å²) in [5.41, 5.74) is 1.75. The molecule has 2 aliphatic heterocycles. The first-order valence-electron chi connectivity index (χ1n) is 7.70. The number of carbonyl (C=O) groups excluding carboxylic acids is 1. The van der Waals surface area contributed by atoms with E-state index < -0.39 is 0 Å². The first kappa shape index (κ1) is 14.5. The van der Waals surface area contributed by atoms with Crippen molar-refractivity contribution in [1.29, 1.82) is 0 Å². The number of hydrogen-bond acceptors (Lipinski definition) is 4. The molecule has 2 bridgehead atoms.